The second-order valence-electron chi connectivity index (χ2n) is 24.1. The second-order valence-corrected chi connectivity index (χ2v) is 24.1. The molecule has 0 aliphatic heterocycles. The summed E-state index contributed by atoms with van der Waals surface area (Å²) in [4.78, 5) is 42.0. The van der Waals surface area contributed by atoms with Crippen molar-refractivity contribution in [1.82, 2.24) is 0 Å². The predicted octanol–water partition coefficient (Wildman–Crippen LogP) is 13.7. The number of hydrogen-bond donors (Lipinski definition) is 0. The van der Waals surface area contributed by atoms with Crippen LogP contribution in [-0.2, 0) is 33.6 Å². The van der Waals surface area contributed by atoms with E-state index in [9.17, 15) is 14.4 Å². The summed E-state index contributed by atoms with van der Waals surface area (Å²) in [6.45, 7) is 45.8. The molecule has 312 valence electrons. The van der Waals surface area contributed by atoms with Gasteiger partial charge in [-0.15, -0.1) is 0 Å². The van der Waals surface area contributed by atoms with Gasteiger partial charge in [0.05, 0.1) is 0 Å². The van der Waals surface area contributed by atoms with Gasteiger partial charge in [-0.3, -0.25) is 14.4 Å². The highest BCUT2D eigenvalue weighted by atomic mass is 16.1. The van der Waals surface area contributed by atoms with E-state index in [1.54, 1.807) is 0 Å². The van der Waals surface area contributed by atoms with E-state index in [1.165, 1.54) is 50.1 Å². The van der Waals surface area contributed by atoms with Crippen molar-refractivity contribution in [3.63, 3.8) is 0 Å². The minimum Gasteiger partial charge on any atom is -0.294 e. The highest BCUT2D eigenvalue weighted by Gasteiger charge is 2.41. The molecule has 0 saturated heterocycles. The van der Waals surface area contributed by atoms with E-state index < -0.39 is 0 Å². The molecule has 0 aromatic heterocycles. The van der Waals surface area contributed by atoms with Crippen molar-refractivity contribution in [2.75, 3.05) is 0 Å². The Morgan fingerprint density at radius 3 is 0.719 bits per heavy atom. The summed E-state index contributed by atoms with van der Waals surface area (Å²) in [5, 5.41) is 0. The van der Waals surface area contributed by atoms with Crippen LogP contribution in [0.4, 0.5) is 0 Å². The number of carbonyl (C=O) groups excluding carboxylic acids is 3. The fraction of sp³-hybridized carbons (Fsp3) is 0.611. The molecule has 0 radical (unpaired) electrons. The summed E-state index contributed by atoms with van der Waals surface area (Å²) in [7, 11) is 0. The highest BCUT2D eigenvalue weighted by Crippen LogP contribution is 2.45. The molecule has 0 saturated carbocycles. The Labute approximate surface area is 348 Å². The first-order valence-electron chi connectivity index (χ1n) is 21.6. The van der Waals surface area contributed by atoms with Crippen molar-refractivity contribution in [3.8, 4) is 0 Å². The quantitative estimate of drug-likeness (QED) is 0.289. The highest BCUT2D eigenvalue weighted by molar-refractivity contribution is 6.03. The Balaban J connectivity index is 2.03. The van der Waals surface area contributed by atoms with E-state index in [4.69, 9.17) is 0 Å². The van der Waals surface area contributed by atoms with E-state index in [2.05, 4.69) is 182 Å². The van der Waals surface area contributed by atoms with Crippen molar-refractivity contribution < 1.29 is 14.4 Å². The molecule has 0 heterocycles. The number of rotatable bonds is 6. The molecule has 0 amide bonds. The van der Waals surface area contributed by atoms with Crippen LogP contribution in [0.2, 0.25) is 0 Å². The van der Waals surface area contributed by atoms with Gasteiger partial charge >= 0.3 is 0 Å². The van der Waals surface area contributed by atoms with Gasteiger partial charge in [-0.25, -0.2) is 0 Å². The van der Waals surface area contributed by atoms with Crippen molar-refractivity contribution in [2.24, 2.45) is 50.2 Å². The van der Waals surface area contributed by atoms with Crippen LogP contribution in [-0.4, -0.2) is 17.3 Å². The third kappa shape index (κ3) is 9.93. The number of benzene rings is 1. The maximum Gasteiger partial charge on any atom is 0.166 e. The first-order chi connectivity index (χ1) is 25.5. The molecule has 3 nitrogen and oxygen atoms in total. The zero-order valence-corrected chi connectivity index (χ0v) is 40.0. The van der Waals surface area contributed by atoms with E-state index in [0.717, 1.165) is 36.0 Å². The van der Waals surface area contributed by atoms with Crippen molar-refractivity contribution in [1.29, 1.82) is 0 Å². The normalized spacial score (nSPS) is 21.8. The Kier molecular flexibility index (Phi) is 12.5. The fourth-order valence-electron chi connectivity index (χ4n) is 9.10. The third-order valence-corrected chi connectivity index (χ3v) is 12.9. The minimum absolute atomic E-state index is 0.197. The molecular weight excluding hydrogens is 697 g/mol. The molecule has 3 atom stereocenters. The number of ketones is 3. The molecule has 57 heavy (non-hydrogen) atoms. The largest absolute Gasteiger partial charge is 0.294 e. The molecule has 3 aliphatic carbocycles. The Hall–Kier alpha value is -3.33. The Morgan fingerprint density at radius 2 is 0.561 bits per heavy atom. The molecule has 3 aliphatic rings. The van der Waals surface area contributed by atoms with Gasteiger partial charge in [-0.05, 0) is 123 Å². The Bertz CT molecular complexity index is 1760. The van der Waals surface area contributed by atoms with Crippen LogP contribution >= 0.6 is 0 Å². The first kappa shape index (κ1) is 46.4. The average Bonchev–Trinajstić information content (AvgIpc) is 3.02. The molecule has 0 bridgehead atoms. The zero-order valence-electron chi connectivity index (χ0n) is 40.0. The van der Waals surface area contributed by atoms with Gasteiger partial charge in [0.15, 0.2) is 17.3 Å². The first-order valence-corrected chi connectivity index (χ1v) is 21.6. The van der Waals surface area contributed by atoms with Gasteiger partial charge in [0.1, 0.15) is 0 Å². The lowest BCUT2D eigenvalue weighted by Gasteiger charge is -2.36. The SMILES string of the molecule is Cc1c(CC2=CC(C(C)(C)C)C(=O)C(C(C)(C)C)=C2)c(C)c(CC2=CC(C(C)(C)C)C(=O)C(C(C)(C)C)=C2)c(C)c1CC1=CC(C(C)(C)C)C(=O)C(C(C)(C)C)=C1. The molecule has 3 heteroatoms. The van der Waals surface area contributed by atoms with Gasteiger partial charge in [-0.2, -0.15) is 0 Å². The molecule has 1 aromatic carbocycles. The van der Waals surface area contributed by atoms with Gasteiger partial charge in [-0.1, -0.05) is 161 Å². The number of Topliss-reactive ketones (excluding diaryl/α,β-unsaturated/α-hetero) is 3. The van der Waals surface area contributed by atoms with Crippen molar-refractivity contribution >= 4 is 17.3 Å². The Morgan fingerprint density at radius 1 is 0.368 bits per heavy atom. The molecule has 0 fully saturated rings. The molecule has 0 N–H and O–H groups in total. The fourth-order valence-corrected chi connectivity index (χ4v) is 9.10. The van der Waals surface area contributed by atoms with Crippen LogP contribution in [0, 0.1) is 71.0 Å². The van der Waals surface area contributed by atoms with Gasteiger partial charge in [0.25, 0.3) is 0 Å². The monoisotopic (exact) mass is 775 g/mol. The van der Waals surface area contributed by atoms with Gasteiger partial charge < -0.3 is 0 Å². The summed E-state index contributed by atoms with van der Waals surface area (Å²) in [5.41, 5.74) is 12.6. The van der Waals surface area contributed by atoms with Crippen molar-refractivity contribution in [2.45, 2.75) is 165 Å². The van der Waals surface area contributed by atoms with Crippen LogP contribution in [0.1, 0.15) is 158 Å². The van der Waals surface area contributed by atoms with E-state index >= 15 is 0 Å². The zero-order chi connectivity index (χ0) is 43.8. The lowest BCUT2D eigenvalue weighted by Crippen LogP contribution is -2.34. The van der Waals surface area contributed by atoms with Crippen LogP contribution in [0.15, 0.2) is 69.9 Å². The predicted molar refractivity (Wildman–Crippen MR) is 242 cm³/mol. The topological polar surface area (TPSA) is 51.2 Å². The molecule has 3 unspecified atom stereocenters. The smallest absolute Gasteiger partial charge is 0.166 e. The van der Waals surface area contributed by atoms with Crippen LogP contribution in [0.3, 0.4) is 0 Å². The number of allylic oxidation sites excluding steroid dienone is 12. The summed E-state index contributed by atoms with van der Waals surface area (Å²) in [6.07, 6.45) is 15.5. The second kappa shape index (κ2) is 15.4. The lowest BCUT2D eigenvalue weighted by atomic mass is 9.67. The van der Waals surface area contributed by atoms with Crippen LogP contribution in [0.5, 0.6) is 0 Å². The van der Waals surface area contributed by atoms with E-state index in [-0.39, 0.29) is 67.6 Å². The summed E-state index contributed by atoms with van der Waals surface area (Å²) >= 11 is 0. The molecule has 4 rings (SSSR count). The van der Waals surface area contributed by atoms with E-state index in [1.807, 2.05) is 0 Å². The lowest BCUT2D eigenvalue weighted by molar-refractivity contribution is -0.122. The summed E-state index contributed by atoms with van der Waals surface area (Å²) in [5.74, 6) is 0.116. The van der Waals surface area contributed by atoms with Gasteiger partial charge in [0, 0.05) is 34.5 Å². The maximum absolute atomic E-state index is 14.0. The molecule has 1 aromatic rings. The number of hydrogen-bond acceptors (Lipinski definition) is 3. The van der Waals surface area contributed by atoms with Crippen LogP contribution in [0.25, 0.3) is 0 Å². The van der Waals surface area contributed by atoms with Crippen LogP contribution < -0.4 is 0 Å². The standard InChI is InChI=1S/C54H78O3/c1-31-37(22-34-25-40(49(4,5)6)46(55)41(26-34)50(7,8)9)32(2)39(24-36-29-44(53(16,17)18)48(57)45(30-36)54(19,20)21)33(3)38(31)23-35-27-42(51(10,11)12)47(56)43(28-35)52(13,14)15/h25-30,40,42,44H,22-24H2,1-21H3. The van der Waals surface area contributed by atoms with Crippen molar-refractivity contribution in [3.05, 3.63) is 103 Å². The number of carbonyl (C=O) groups is 3. The molecular formula is C54H78O3. The average molecular weight is 775 g/mol. The summed E-state index contributed by atoms with van der Waals surface area (Å²) < 4.78 is 0. The molecule has 0 spiro atoms. The van der Waals surface area contributed by atoms with E-state index in [0.29, 0.717) is 0 Å². The van der Waals surface area contributed by atoms with Gasteiger partial charge in [0.2, 0.25) is 0 Å². The third-order valence-electron chi connectivity index (χ3n) is 12.9. The maximum atomic E-state index is 14.0. The minimum atomic E-state index is -0.273. The summed E-state index contributed by atoms with van der Waals surface area (Å²) in [6, 6.07) is 0.